The monoisotopic (exact) mass is 260 g/mol. The van der Waals surface area contributed by atoms with Gasteiger partial charge in [-0.15, -0.1) is 0 Å². The van der Waals surface area contributed by atoms with Crippen LogP contribution < -0.4 is 5.32 Å². The molecular weight excluding hydrogens is 244 g/mol. The van der Waals surface area contributed by atoms with E-state index < -0.39 is 0 Å². The quantitative estimate of drug-likeness (QED) is 0.879. The maximum Gasteiger partial charge on any atom is 0.173 e. The van der Waals surface area contributed by atoms with Crippen LogP contribution in [0.3, 0.4) is 0 Å². The minimum atomic E-state index is 0.479. The molecule has 0 radical (unpaired) electrons. The highest BCUT2D eigenvalue weighted by molar-refractivity contribution is 9.10. The molecule has 1 aromatic heterocycles. The van der Waals surface area contributed by atoms with E-state index in [1.807, 2.05) is 6.07 Å². The Labute approximate surface area is 93.6 Å². The van der Waals surface area contributed by atoms with Crippen LogP contribution in [0.25, 0.3) is 0 Å². The van der Waals surface area contributed by atoms with Crippen LogP contribution in [0.4, 0.5) is 0 Å². The predicted molar refractivity (Wildman–Crippen MR) is 61.3 cm³/mol. The first-order valence-corrected chi connectivity index (χ1v) is 5.49. The number of nitrogens with one attached hydrogen (secondary N) is 1. The SMILES string of the molecule is CC(CN(C)C)NCc1ccoc1Br. The maximum absolute atomic E-state index is 5.14. The lowest BCUT2D eigenvalue weighted by atomic mass is 10.3. The first-order chi connectivity index (χ1) is 6.59. The molecule has 0 spiro atoms. The molecule has 1 N–H and O–H groups in total. The number of halogens is 1. The molecule has 0 amide bonds. The van der Waals surface area contributed by atoms with E-state index in [0.29, 0.717) is 6.04 Å². The third-order valence-corrected chi connectivity index (χ3v) is 2.67. The van der Waals surface area contributed by atoms with Gasteiger partial charge >= 0.3 is 0 Å². The van der Waals surface area contributed by atoms with Crippen molar-refractivity contribution in [2.75, 3.05) is 20.6 Å². The van der Waals surface area contributed by atoms with Gasteiger partial charge in [-0.1, -0.05) is 0 Å². The molecule has 0 saturated heterocycles. The Morgan fingerprint density at radius 3 is 2.79 bits per heavy atom. The molecular formula is C10H17BrN2O. The van der Waals surface area contributed by atoms with Gasteiger partial charge in [0.25, 0.3) is 0 Å². The van der Waals surface area contributed by atoms with Crippen molar-refractivity contribution in [1.82, 2.24) is 10.2 Å². The summed E-state index contributed by atoms with van der Waals surface area (Å²) >= 11 is 3.35. The highest BCUT2D eigenvalue weighted by atomic mass is 79.9. The van der Waals surface area contributed by atoms with Gasteiger partial charge in [0, 0.05) is 24.7 Å². The second kappa shape index (κ2) is 5.53. The second-order valence-corrected chi connectivity index (χ2v) is 4.48. The molecule has 0 aliphatic rings. The smallest absolute Gasteiger partial charge is 0.173 e. The lowest BCUT2D eigenvalue weighted by molar-refractivity contribution is 0.348. The average Bonchev–Trinajstić information content (AvgIpc) is 2.46. The van der Waals surface area contributed by atoms with Crippen molar-refractivity contribution in [3.05, 3.63) is 22.6 Å². The summed E-state index contributed by atoms with van der Waals surface area (Å²) < 4.78 is 5.97. The Morgan fingerprint density at radius 1 is 1.57 bits per heavy atom. The normalized spacial score (nSPS) is 13.5. The number of nitrogens with zero attached hydrogens (tertiary/aromatic N) is 1. The van der Waals surface area contributed by atoms with Crippen molar-refractivity contribution in [3.63, 3.8) is 0 Å². The van der Waals surface area contributed by atoms with E-state index in [2.05, 4.69) is 47.2 Å². The molecule has 3 nitrogen and oxygen atoms in total. The fourth-order valence-corrected chi connectivity index (χ4v) is 1.72. The van der Waals surface area contributed by atoms with E-state index in [1.54, 1.807) is 6.26 Å². The van der Waals surface area contributed by atoms with Crippen molar-refractivity contribution in [2.45, 2.75) is 19.5 Å². The van der Waals surface area contributed by atoms with Gasteiger partial charge in [-0.2, -0.15) is 0 Å². The largest absolute Gasteiger partial charge is 0.457 e. The van der Waals surface area contributed by atoms with Crippen LogP contribution in [0.5, 0.6) is 0 Å². The summed E-state index contributed by atoms with van der Waals surface area (Å²) in [6.45, 7) is 4.05. The van der Waals surface area contributed by atoms with Crippen molar-refractivity contribution in [2.24, 2.45) is 0 Å². The summed E-state index contributed by atoms with van der Waals surface area (Å²) in [4.78, 5) is 2.17. The summed E-state index contributed by atoms with van der Waals surface area (Å²) in [7, 11) is 4.15. The first-order valence-electron chi connectivity index (χ1n) is 4.69. The van der Waals surface area contributed by atoms with Gasteiger partial charge in [0.05, 0.1) is 6.26 Å². The minimum Gasteiger partial charge on any atom is -0.457 e. The zero-order valence-electron chi connectivity index (χ0n) is 8.88. The summed E-state index contributed by atoms with van der Waals surface area (Å²) in [5.74, 6) is 0. The topological polar surface area (TPSA) is 28.4 Å². The van der Waals surface area contributed by atoms with E-state index >= 15 is 0 Å². The van der Waals surface area contributed by atoms with Gasteiger partial charge in [0.2, 0.25) is 0 Å². The zero-order valence-corrected chi connectivity index (χ0v) is 10.5. The zero-order chi connectivity index (χ0) is 10.6. The molecule has 1 atom stereocenters. The molecule has 4 heteroatoms. The molecule has 1 heterocycles. The second-order valence-electron chi connectivity index (χ2n) is 3.76. The fourth-order valence-electron chi connectivity index (χ4n) is 1.34. The highest BCUT2D eigenvalue weighted by Crippen LogP contribution is 2.16. The Balaban J connectivity index is 2.30. The Kier molecular flexibility index (Phi) is 4.65. The summed E-state index contributed by atoms with van der Waals surface area (Å²) in [5.41, 5.74) is 1.16. The van der Waals surface area contributed by atoms with Crippen LogP contribution in [0.1, 0.15) is 12.5 Å². The maximum atomic E-state index is 5.14. The number of likely N-dealkylation sites (N-methyl/N-ethyl adjacent to an activating group) is 1. The van der Waals surface area contributed by atoms with Gasteiger partial charge < -0.3 is 14.6 Å². The predicted octanol–water partition coefficient (Wildman–Crippen LogP) is 2.08. The number of hydrogen-bond donors (Lipinski definition) is 1. The molecule has 0 saturated carbocycles. The molecule has 1 aromatic rings. The van der Waals surface area contributed by atoms with E-state index in [0.717, 1.165) is 23.3 Å². The van der Waals surface area contributed by atoms with Gasteiger partial charge in [-0.05, 0) is 43.0 Å². The Hall–Kier alpha value is -0.320. The lowest BCUT2D eigenvalue weighted by Crippen LogP contribution is -2.35. The average molecular weight is 261 g/mol. The molecule has 0 bridgehead atoms. The van der Waals surface area contributed by atoms with Gasteiger partial charge in [-0.3, -0.25) is 0 Å². The molecule has 0 aliphatic carbocycles. The third kappa shape index (κ3) is 3.82. The van der Waals surface area contributed by atoms with Crippen LogP contribution in [0.15, 0.2) is 21.4 Å². The lowest BCUT2D eigenvalue weighted by Gasteiger charge is -2.17. The van der Waals surface area contributed by atoms with Crippen LogP contribution in [-0.4, -0.2) is 31.6 Å². The van der Waals surface area contributed by atoms with Crippen molar-refractivity contribution >= 4 is 15.9 Å². The van der Waals surface area contributed by atoms with Crippen molar-refractivity contribution in [1.29, 1.82) is 0 Å². The Morgan fingerprint density at radius 2 is 2.29 bits per heavy atom. The van der Waals surface area contributed by atoms with Crippen molar-refractivity contribution < 1.29 is 4.42 Å². The minimum absolute atomic E-state index is 0.479. The number of hydrogen-bond acceptors (Lipinski definition) is 3. The van der Waals surface area contributed by atoms with Crippen LogP contribution in [0, 0.1) is 0 Å². The van der Waals surface area contributed by atoms with Crippen LogP contribution >= 0.6 is 15.9 Å². The molecule has 0 fully saturated rings. The Bertz CT molecular complexity index is 273. The van der Waals surface area contributed by atoms with Gasteiger partial charge in [-0.25, -0.2) is 0 Å². The third-order valence-electron chi connectivity index (χ3n) is 1.97. The van der Waals surface area contributed by atoms with E-state index in [9.17, 15) is 0 Å². The highest BCUT2D eigenvalue weighted by Gasteiger charge is 2.06. The van der Waals surface area contributed by atoms with Crippen LogP contribution in [0.2, 0.25) is 0 Å². The van der Waals surface area contributed by atoms with Gasteiger partial charge in [0.15, 0.2) is 4.67 Å². The van der Waals surface area contributed by atoms with E-state index in [-0.39, 0.29) is 0 Å². The van der Waals surface area contributed by atoms with Gasteiger partial charge in [0.1, 0.15) is 0 Å². The van der Waals surface area contributed by atoms with E-state index in [1.165, 1.54) is 0 Å². The number of furan rings is 1. The molecule has 0 aromatic carbocycles. The number of rotatable bonds is 5. The first kappa shape index (κ1) is 11.8. The molecule has 80 valence electrons. The summed E-state index contributed by atoms with van der Waals surface area (Å²) in [6, 6.07) is 2.45. The molecule has 1 unspecified atom stereocenters. The summed E-state index contributed by atoms with van der Waals surface area (Å²) in [5, 5.41) is 3.43. The molecule has 1 rings (SSSR count). The molecule has 14 heavy (non-hydrogen) atoms. The standard InChI is InChI=1S/C10H17BrN2O/c1-8(7-13(2)3)12-6-9-4-5-14-10(9)11/h4-5,8,12H,6-7H2,1-3H3. The molecule has 0 aliphatic heterocycles. The summed E-state index contributed by atoms with van der Waals surface area (Å²) in [6.07, 6.45) is 1.69. The van der Waals surface area contributed by atoms with E-state index in [4.69, 9.17) is 4.42 Å². The van der Waals surface area contributed by atoms with Crippen LogP contribution in [-0.2, 0) is 6.54 Å². The van der Waals surface area contributed by atoms with Crippen molar-refractivity contribution in [3.8, 4) is 0 Å². The fraction of sp³-hybridized carbons (Fsp3) is 0.600.